The van der Waals surface area contributed by atoms with Crippen LogP contribution in [0.1, 0.15) is 82.0 Å². The maximum Gasteiger partial charge on any atom is 0.167 e. The van der Waals surface area contributed by atoms with Crippen LogP contribution in [0.4, 0.5) is 0 Å². The number of aryl methyl sites for hydroxylation is 4. The van der Waals surface area contributed by atoms with Gasteiger partial charge in [-0.3, -0.25) is 9.59 Å². The molecule has 2 heteroatoms. The van der Waals surface area contributed by atoms with Crippen molar-refractivity contribution in [3.8, 4) is 0 Å². The fourth-order valence-corrected chi connectivity index (χ4v) is 4.66. The number of allylic oxidation sites excluding steroid dienone is 6. The first-order chi connectivity index (χ1) is 16.7. The van der Waals surface area contributed by atoms with Crippen LogP contribution in [0.15, 0.2) is 89.7 Å². The number of hydrogen-bond acceptors (Lipinski definition) is 2. The number of carbonyl (C=O) groups is 2. The van der Waals surface area contributed by atoms with E-state index >= 15 is 0 Å². The highest BCUT2D eigenvalue weighted by Crippen LogP contribution is 2.34. The van der Waals surface area contributed by atoms with Gasteiger partial charge in [0.25, 0.3) is 0 Å². The second-order valence-electron chi connectivity index (χ2n) is 9.63. The molecule has 1 aliphatic carbocycles. The molecule has 2 nitrogen and oxygen atoms in total. The minimum Gasteiger partial charge on any atom is -0.294 e. The van der Waals surface area contributed by atoms with Crippen molar-refractivity contribution < 1.29 is 9.59 Å². The van der Waals surface area contributed by atoms with Crippen LogP contribution >= 0.6 is 0 Å². The Morgan fingerprint density at radius 1 is 0.943 bits per heavy atom. The summed E-state index contributed by atoms with van der Waals surface area (Å²) >= 11 is 0. The molecule has 0 N–H and O–H groups in total. The summed E-state index contributed by atoms with van der Waals surface area (Å²) in [4.78, 5) is 25.2. The Morgan fingerprint density at radius 3 is 2.29 bits per heavy atom. The fourth-order valence-electron chi connectivity index (χ4n) is 4.66. The molecule has 0 aliphatic heterocycles. The van der Waals surface area contributed by atoms with Gasteiger partial charge < -0.3 is 0 Å². The molecule has 3 rings (SSSR count). The highest BCUT2D eigenvalue weighted by atomic mass is 16.1. The average molecular weight is 465 g/mol. The fraction of sp³-hybridized carbons (Fsp3) is 0.303. The van der Waals surface area contributed by atoms with E-state index in [9.17, 15) is 9.59 Å². The van der Waals surface area contributed by atoms with Crippen LogP contribution in [0.25, 0.3) is 0 Å². The summed E-state index contributed by atoms with van der Waals surface area (Å²) in [7, 11) is 0. The van der Waals surface area contributed by atoms with E-state index in [1.54, 1.807) is 6.08 Å². The Hall–Kier alpha value is -3.48. The summed E-state index contributed by atoms with van der Waals surface area (Å²) in [5, 5.41) is 0. The van der Waals surface area contributed by atoms with Gasteiger partial charge in [0, 0.05) is 29.5 Å². The molecule has 0 heterocycles. The Kier molecular flexibility index (Phi) is 8.79. The van der Waals surface area contributed by atoms with E-state index < -0.39 is 0 Å². The zero-order valence-corrected chi connectivity index (χ0v) is 21.6. The van der Waals surface area contributed by atoms with E-state index in [2.05, 4.69) is 51.8 Å². The lowest BCUT2D eigenvalue weighted by molar-refractivity contribution is 0.0978. The van der Waals surface area contributed by atoms with Crippen LogP contribution in [-0.4, -0.2) is 11.6 Å². The van der Waals surface area contributed by atoms with Crippen LogP contribution in [0.2, 0.25) is 0 Å². The third-order valence-corrected chi connectivity index (χ3v) is 6.88. The molecule has 0 amide bonds. The molecular formula is C33H36O2. The topological polar surface area (TPSA) is 34.1 Å². The molecule has 0 fully saturated rings. The molecule has 0 saturated carbocycles. The van der Waals surface area contributed by atoms with Crippen molar-refractivity contribution in [1.29, 1.82) is 0 Å². The molecule has 0 radical (unpaired) electrons. The maximum atomic E-state index is 13.1. The summed E-state index contributed by atoms with van der Waals surface area (Å²) in [5.74, 6) is 0.329. The highest BCUT2D eigenvalue weighted by molar-refractivity contribution is 5.99. The van der Waals surface area contributed by atoms with Gasteiger partial charge in [0.15, 0.2) is 11.6 Å². The number of Topliss-reactive ketones (excluding diaryl/α,β-unsaturated/α-hetero) is 2. The second-order valence-corrected chi connectivity index (χ2v) is 9.63. The van der Waals surface area contributed by atoms with Gasteiger partial charge in [-0.15, -0.1) is 12.3 Å². The Balaban J connectivity index is 1.65. The molecule has 180 valence electrons. The first kappa shape index (κ1) is 26.1. The van der Waals surface area contributed by atoms with Crippen LogP contribution in [0.5, 0.6) is 0 Å². The number of hydrogen-bond donors (Lipinski definition) is 0. The second kappa shape index (κ2) is 11.8. The van der Waals surface area contributed by atoms with Crippen molar-refractivity contribution in [1.82, 2.24) is 0 Å². The minimum atomic E-state index is 0.151. The van der Waals surface area contributed by atoms with E-state index in [4.69, 9.17) is 0 Å². The van der Waals surface area contributed by atoms with Crippen molar-refractivity contribution in [2.24, 2.45) is 0 Å². The zero-order valence-electron chi connectivity index (χ0n) is 21.6. The van der Waals surface area contributed by atoms with Gasteiger partial charge in [0.05, 0.1) is 0 Å². The van der Waals surface area contributed by atoms with Gasteiger partial charge in [-0.05, 0) is 87.3 Å². The lowest BCUT2D eigenvalue weighted by Crippen LogP contribution is -2.04. The van der Waals surface area contributed by atoms with Gasteiger partial charge in [0.1, 0.15) is 0 Å². The smallest absolute Gasteiger partial charge is 0.167 e. The Morgan fingerprint density at radius 2 is 1.63 bits per heavy atom. The van der Waals surface area contributed by atoms with Crippen molar-refractivity contribution in [2.75, 3.05) is 0 Å². The molecule has 0 bridgehead atoms. The minimum absolute atomic E-state index is 0.151. The van der Waals surface area contributed by atoms with Gasteiger partial charge in [-0.1, -0.05) is 60.2 Å². The predicted molar refractivity (Wildman–Crippen MR) is 146 cm³/mol. The highest BCUT2D eigenvalue weighted by Gasteiger charge is 2.20. The van der Waals surface area contributed by atoms with Crippen LogP contribution in [0, 0.1) is 20.8 Å². The zero-order chi connectivity index (χ0) is 25.5. The first-order valence-corrected chi connectivity index (χ1v) is 12.4. The van der Waals surface area contributed by atoms with E-state index in [0.29, 0.717) is 19.3 Å². The molecule has 0 saturated heterocycles. The van der Waals surface area contributed by atoms with Crippen LogP contribution in [0.3, 0.4) is 0 Å². The molecule has 0 spiro atoms. The number of ketones is 2. The summed E-state index contributed by atoms with van der Waals surface area (Å²) in [5.41, 5.74) is 14.0. The van der Waals surface area contributed by atoms with Crippen molar-refractivity contribution in [3.05, 3.63) is 123 Å². The Labute approximate surface area is 210 Å². The molecule has 0 unspecified atom stereocenters. The monoisotopic (exact) mass is 464 g/mol. The molecule has 35 heavy (non-hydrogen) atoms. The largest absolute Gasteiger partial charge is 0.294 e. The van der Waals surface area contributed by atoms with Crippen molar-refractivity contribution in [3.63, 3.8) is 0 Å². The lowest BCUT2D eigenvalue weighted by atomic mass is 9.94. The summed E-state index contributed by atoms with van der Waals surface area (Å²) in [6, 6.07) is 12.0. The van der Waals surface area contributed by atoms with E-state index in [-0.39, 0.29) is 11.6 Å². The van der Waals surface area contributed by atoms with Crippen molar-refractivity contribution in [2.45, 2.75) is 66.2 Å². The van der Waals surface area contributed by atoms with E-state index in [0.717, 1.165) is 58.2 Å². The normalized spacial score (nSPS) is 12.9. The molecule has 0 atom stereocenters. The standard InChI is InChI=1S/C33H36O2/c1-7-9-10-32(34)29-15-12-26(13-16-29)11-14-28(8-2)30-20-27(18-25(30)6)21-33(35)31-19-23(4)22(3)17-24(31)5/h7,12-13,15-17,19-20H,1-2,9-11,14,18,21H2,3-6H3. The number of carbonyl (C=O) groups excluding carboxylic acids is 2. The van der Waals surface area contributed by atoms with Crippen molar-refractivity contribution >= 4 is 11.6 Å². The molecule has 2 aromatic carbocycles. The predicted octanol–water partition coefficient (Wildman–Crippen LogP) is 8.32. The summed E-state index contributed by atoms with van der Waals surface area (Å²) < 4.78 is 0. The third kappa shape index (κ3) is 6.56. The molecule has 1 aliphatic rings. The van der Waals surface area contributed by atoms with E-state index in [1.165, 1.54) is 16.7 Å². The average Bonchev–Trinajstić information content (AvgIpc) is 3.20. The van der Waals surface area contributed by atoms with Crippen LogP contribution < -0.4 is 0 Å². The van der Waals surface area contributed by atoms with Gasteiger partial charge >= 0.3 is 0 Å². The maximum absolute atomic E-state index is 13.1. The third-order valence-electron chi connectivity index (χ3n) is 6.88. The van der Waals surface area contributed by atoms with Gasteiger partial charge in [0.2, 0.25) is 0 Å². The number of benzene rings is 2. The lowest BCUT2D eigenvalue weighted by Gasteiger charge is -2.09. The molecule has 0 aromatic heterocycles. The quantitative estimate of drug-likeness (QED) is 0.190. The van der Waals surface area contributed by atoms with Gasteiger partial charge in [-0.25, -0.2) is 0 Å². The SMILES string of the molecule is C=C=C(CCc1ccc(C(=O)CCC=C)cc1)C1=C(C)CC(CC(=O)c2cc(C)c(C)cc2C)=C1. The molecule has 2 aromatic rings. The van der Waals surface area contributed by atoms with E-state index in [1.807, 2.05) is 37.3 Å². The molecular weight excluding hydrogens is 428 g/mol. The first-order valence-electron chi connectivity index (χ1n) is 12.4. The van der Waals surface area contributed by atoms with Gasteiger partial charge in [-0.2, -0.15) is 0 Å². The van der Waals surface area contributed by atoms with Crippen LogP contribution in [-0.2, 0) is 6.42 Å². The summed E-state index contributed by atoms with van der Waals surface area (Å²) in [6.45, 7) is 15.9. The summed E-state index contributed by atoms with van der Waals surface area (Å²) in [6.07, 6.45) is 8.06. The number of rotatable bonds is 11. The Bertz CT molecular complexity index is 1260.